The zero-order valence-corrected chi connectivity index (χ0v) is 12.2. The van der Waals surface area contributed by atoms with Gasteiger partial charge >= 0.3 is 0 Å². The molecule has 0 saturated carbocycles. The summed E-state index contributed by atoms with van der Waals surface area (Å²) in [7, 11) is 0. The third-order valence-corrected chi connectivity index (χ3v) is 6.15. The van der Waals surface area contributed by atoms with Gasteiger partial charge in [0.25, 0.3) is 0 Å². The Balaban J connectivity index is 1.99. The molecular weight excluding hydrogens is 254 g/mol. The Labute approximate surface area is 119 Å². The molecule has 2 aliphatic rings. The number of rotatable bonds is 3. The minimum Gasteiger partial charge on any atom is -0.392 e. The summed E-state index contributed by atoms with van der Waals surface area (Å²) < 4.78 is 0. The van der Waals surface area contributed by atoms with Crippen LogP contribution in [0.1, 0.15) is 30.4 Å². The van der Waals surface area contributed by atoms with Crippen molar-refractivity contribution >= 4 is 11.8 Å². The van der Waals surface area contributed by atoms with Crippen LogP contribution in [0.4, 0.5) is 0 Å². The van der Waals surface area contributed by atoms with E-state index < -0.39 is 0 Å². The summed E-state index contributed by atoms with van der Waals surface area (Å²) in [6.45, 7) is 0.562. The molecule has 19 heavy (non-hydrogen) atoms. The fourth-order valence-corrected chi connectivity index (χ4v) is 5.13. The summed E-state index contributed by atoms with van der Waals surface area (Å²) >= 11 is 1.96. The van der Waals surface area contributed by atoms with Crippen molar-refractivity contribution in [1.29, 1.82) is 0 Å². The van der Waals surface area contributed by atoms with Crippen LogP contribution in [0.25, 0.3) is 0 Å². The van der Waals surface area contributed by atoms with Crippen molar-refractivity contribution in [2.24, 2.45) is 11.7 Å². The summed E-state index contributed by atoms with van der Waals surface area (Å²) in [4.78, 5) is 0. The van der Waals surface area contributed by atoms with E-state index in [-0.39, 0.29) is 11.5 Å². The van der Waals surface area contributed by atoms with E-state index in [0.29, 0.717) is 12.5 Å². The van der Waals surface area contributed by atoms with Gasteiger partial charge in [-0.25, -0.2) is 0 Å². The second-order valence-electron chi connectivity index (χ2n) is 5.94. The Bertz CT molecular complexity index is 444. The van der Waals surface area contributed by atoms with Crippen molar-refractivity contribution in [3.8, 4) is 0 Å². The third kappa shape index (κ3) is 2.22. The van der Waals surface area contributed by atoms with E-state index >= 15 is 0 Å². The van der Waals surface area contributed by atoms with E-state index in [1.807, 2.05) is 11.8 Å². The average Bonchev–Trinajstić information content (AvgIpc) is 3.00. The number of hydrogen-bond acceptors (Lipinski definition) is 3. The molecule has 1 aromatic rings. The Morgan fingerprint density at radius 3 is 3.00 bits per heavy atom. The van der Waals surface area contributed by atoms with Crippen molar-refractivity contribution in [3.05, 3.63) is 35.4 Å². The summed E-state index contributed by atoms with van der Waals surface area (Å²) in [5.41, 5.74) is 8.66. The number of aliphatic hydroxyl groups excluding tert-OH is 1. The second kappa shape index (κ2) is 5.47. The Kier molecular flexibility index (Phi) is 3.88. The van der Waals surface area contributed by atoms with Gasteiger partial charge in [0.05, 0.1) is 6.10 Å². The molecule has 3 N–H and O–H groups in total. The van der Waals surface area contributed by atoms with Crippen LogP contribution in [0, 0.1) is 5.92 Å². The number of aliphatic hydroxyl groups is 1. The molecule has 0 aromatic heterocycles. The number of nitrogens with two attached hydrogens (primary N) is 1. The Morgan fingerprint density at radius 2 is 2.26 bits per heavy atom. The molecule has 3 rings (SSSR count). The summed E-state index contributed by atoms with van der Waals surface area (Å²) in [6, 6.07) is 8.58. The topological polar surface area (TPSA) is 46.2 Å². The first kappa shape index (κ1) is 13.5. The maximum absolute atomic E-state index is 11.0. The third-order valence-electron chi connectivity index (χ3n) is 4.96. The molecule has 2 nitrogen and oxygen atoms in total. The number of benzene rings is 1. The van der Waals surface area contributed by atoms with Crippen molar-refractivity contribution < 1.29 is 5.11 Å². The van der Waals surface area contributed by atoms with E-state index in [9.17, 15) is 5.11 Å². The number of hydrogen-bond donors (Lipinski definition) is 2. The fourth-order valence-electron chi connectivity index (χ4n) is 3.85. The predicted octanol–water partition coefficient (Wildman–Crippen LogP) is 2.33. The molecule has 0 amide bonds. The average molecular weight is 277 g/mol. The lowest BCUT2D eigenvalue weighted by Gasteiger charge is -2.44. The molecule has 0 bridgehead atoms. The van der Waals surface area contributed by atoms with Crippen molar-refractivity contribution in [1.82, 2.24) is 0 Å². The van der Waals surface area contributed by atoms with Crippen molar-refractivity contribution in [2.75, 3.05) is 18.1 Å². The van der Waals surface area contributed by atoms with E-state index in [4.69, 9.17) is 5.73 Å². The molecule has 3 atom stereocenters. The largest absolute Gasteiger partial charge is 0.392 e. The summed E-state index contributed by atoms with van der Waals surface area (Å²) in [6.07, 6.45) is 4.15. The Morgan fingerprint density at radius 1 is 1.42 bits per heavy atom. The molecular formula is C16H23NOS. The molecule has 1 saturated heterocycles. The molecule has 1 aromatic carbocycles. The van der Waals surface area contributed by atoms with Gasteiger partial charge in [0.15, 0.2) is 0 Å². The van der Waals surface area contributed by atoms with Crippen LogP contribution in [-0.2, 0) is 11.8 Å². The maximum atomic E-state index is 11.0. The van der Waals surface area contributed by atoms with Gasteiger partial charge in [0.1, 0.15) is 0 Å². The first-order chi connectivity index (χ1) is 9.28. The highest BCUT2D eigenvalue weighted by atomic mass is 32.2. The molecule has 3 heteroatoms. The van der Waals surface area contributed by atoms with Crippen LogP contribution < -0.4 is 5.73 Å². The van der Waals surface area contributed by atoms with E-state index in [2.05, 4.69) is 24.3 Å². The first-order valence-electron chi connectivity index (χ1n) is 7.32. The maximum Gasteiger partial charge on any atom is 0.0685 e. The van der Waals surface area contributed by atoms with Gasteiger partial charge in [-0.2, -0.15) is 11.8 Å². The predicted molar refractivity (Wildman–Crippen MR) is 81.6 cm³/mol. The van der Waals surface area contributed by atoms with Crippen LogP contribution >= 0.6 is 11.8 Å². The first-order valence-corrected chi connectivity index (χ1v) is 8.48. The molecule has 1 aliphatic heterocycles. The molecule has 3 unspecified atom stereocenters. The number of thioether (sulfide) groups is 1. The van der Waals surface area contributed by atoms with Gasteiger partial charge in [-0.15, -0.1) is 0 Å². The molecule has 0 spiro atoms. The minimum absolute atomic E-state index is 0.204. The molecule has 104 valence electrons. The van der Waals surface area contributed by atoms with Gasteiger partial charge in [-0.05, 0) is 54.2 Å². The second-order valence-corrected chi connectivity index (χ2v) is 7.09. The van der Waals surface area contributed by atoms with Crippen LogP contribution in [0.5, 0.6) is 0 Å². The highest BCUT2D eigenvalue weighted by molar-refractivity contribution is 7.99. The number of fused-ring (bicyclic) bond motifs is 1. The van der Waals surface area contributed by atoms with Crippen LogP contribution in [0.2, 0.25) is 0 Å². The Hall–Kier alpha value is -0.510. The van der Waals surface area contributed by atoms with Gasteiger partial charge in [-0.1, -0.05) is 24.3 Å². The zero-order valence-electron chi connectivity index (χ0n) is 11.3. The smallest absolute Gasteiger partial charge is 0.0685 e. The number of aryl methyl sites for hydroxylation is 1. The van der Waals surface area contributed by atoms with Crippen molar-refractivity contribution in [3.63, 3.8) is 0 Å². The minimum atomic E-state index is -0.283. The monoisotopic (exact) mass is 277 g/mol. The highest BCUT2D eigenvalue weighted by Crippen LogP contribution is 2.44. The summed E-state index contributed by atoms with van der Waals surface area (Å²) in [5.74, 6) is 2.69. The van der Waals surface area contributed by atoms with Gasteiger partial charge < -0.3 is 10.8 Å². The van der Waals surface area contributed by atoms with E-state index in [0.717, 1.165) is 31.4 Å². The highest BCUT2D eigenvalue weighted by Gasteiger charge is 2.45. The molecule has 1 aliphatic carbocycles. The normalized spacial score (nSPS) is 32.0. The van der Waals surface area contributed by atoms with Gasteiger partial charge in [-0.3, -0.25) is 0 Å². The zero-order chi connectivity index (χ0) is 13.3. The lowest BCUT2D eigenvalue weighted by atomic mass is 9.64. The molecule has 0 radical (unpaired) electrons. The van der Waals surface area contributed by atoms with Crippen LogP contribution in [-0.4, -0.2) is 29.3 Å². The molecule has 1 fully saturated rings. The summed E-state index contributed by atoms with van der Waals surface area (Å²) in [5, 5.41) is 11.0. The van der Waals surface area contributed by atoms with E-state index in [1.165, 1.54) is 16.9 Å². The quantitative estimate of drug-likeness (QED) is 0.891. The lowest BCUT2D eigenvalue weighted by molar-refractivity contribution is 0.0305. The van der Waals surface area contributed by atoms with E-state index in [1.54, 1.807) is 0 Å². The van der Waals surface area contributed by atoms with Gasteiger partial charge in [0, 0.05) is 12.0 Å². The molecule has 1 heterocycles. The van der Waals surface area contributed by atoms with Crippen LogP contribution in [0.15, 0.2) is 24.3 Å². The SMILES string of the molecule is NCC1(C(O)C2CCSC2)CCCc2ccccc21. The standard InChI is InChI=1S/C16H23NOS/c17-11-16(15(18)13-7-9-19-10-13)8-3-5-12-4-1-2-6-14(12)16/h1-2,4,6,13,15,18H,3,5,7-11,17H2. The van der Waals surface area contributed by atoms with Gasteiger partial charge in [0.2, 0.25) is 0 Å². The lowest BCUT2D eigenvalue weighted by Crippen LogP contribution is -2.51. The van der Waals surface area contributed by atoms with Crippen molar-refractivity contribution in [2.45, 2.75) is 37.2 Å². The fraction of sp³-hybridized carbons (Fsp3) is 0.625. The van der Waals surface area contributed by atoms with Crippen LogP contribution in [0.3, 0.4) is 0 Å².